The van der Waals surface area contributed by atoms with Crippen molar-refractivity contribution in [3.8, 4) is 0 Å². The van der Waals surface area contributed by atoms with Crippen LogP contribution in [0.15, 0.2) is 23.8 Å². The Hall–Kier alpha value is -1.99. The van der Waals surface area contributed by atoms with Gasteiger partial charge in [0.15, 0.2) is 0 Å². The Kier molecular flexibility index (Phi) is 4.34. The summed E-state index contributed by atoms with van der Waals surface area (Å²) in [5.74, 6) is 0.894. The van der Waals surface area contributed by atoms with E-state index in [1.54, 1.807) is 17.7 Å². The van der Waals surface area contributed by atoms with Crippen molar-refractivity contribution in [3.63, 3.8) is 0 Å². The van der Waals surface area contributed by atoms with Crippen LogP contribution in [-0.4, -0.2) is 37.2 Å². The van der Waals surface area contributed by atoms with Gasteiger partial charge in [-0.25, -0.2) is 9.97 Å². The molecule has 5 rings (SSSR count). The molecule has 0 amide bonds. The zero-order valence-electron chi connectivity index (χ0n) is 14.9. The van der Waals surface area contributed by atoms with Gasteiger partial charge in [0, 0.05) is 19.1 Å². The first-order valence-corrected chi connectivity index (χ1v) is 10.5. The molecule has 0 bridgehead atoms. The number of hydrogen-bond acceptors (Lipinski definition) is 6. The number of nitrogens with zero attached hydrogens (tertiary/aromatic N) is 5. The van der Waals surface area contributed by atoms with Crippen LogP contribution in [0.5, 0.6) is 0 Å². The smallest absolute Gasteiger partial charge is 0.138 e. The van der Waals surface area contributed by atoms with E-state index in [-0.39, 0.29) is 0 Å². The lowest BCUT2D eigenvalue weighted by molar-refractivity contribution is 0.119. The molecule has 1 saturated carbocycles. The number of hydrogen-bond donors (Lipinski definition) is 1. The van der Waals surface area contributed by atoms with E-state index in [1.807, 2.05) is 0 Å². The van der Waals surface area contributed by atoms with Gasteiger partial charge in [0.25, 0.3) is 0 Å². The third kappa shape index (κ3) is 3.10. The van der Waals surface area contributed by atoms with Crippen molar-refractivity contribution in [1.82, 2.24) is 24.6 Å². The monoisotopic (exact) mass is 368 g/mol. The first kappa shape index (κ1) is 16.2. The van der Waals surface area contributed by atoms with E-state index in [2.05, 4.69) is 42.4 Å². The Labute approximate surface area is 157 Å². The van der Waals surface area contributed by atoms with E-state index in [4.69, 9.17) is 5.10 Å². The highest BCUT2D eigenvalue weighted by Crippen LogP contribution is 2.27. The van der Waals surface area contributed by atoms with Crippen LogP contribution in [0.2, 0.25) is 0 Å². The van der Waals surface area contributed by atoms with Crippen LogP contribution in [-0.2, 0) is 19.6 Å². The lowest BCUT2D eigenvalue weighted by Gasteiger charge is -2.36. The normalized spacial score (nSPS) is 18.9. The standard InChI is InChI=1S/C19H24N6S/c1-2-4-15(5-3-1)24-7-8-25-16(12-24)10-14(23-25)11-20-18-17-6-9-26-19(17)22-13-21-18/h6,9-10,13,15H,1-5,7-8,11-12H2,(H,20,21,22). The van der Waals surface area contributed by atoms with Crippen molar-refractivity contribution < 1.29 is 0 Å². The third-order valence-electron chi connectivity index (χ3n) is 5.67. The fourth-order valence-corrected chi connectivity index (χ4v) is 5.03. The van der Waals surface area contributed by atoms with E-state index in [9.17, 15) is 0 Å². The molecule has 0 unspecified atom stereocenters. The van der Waals surface area contributed by atoms with Crippen molar-refractivity contribution in [2.24, 2.45) is 0 Å². The predicted octanol–water partition coefficient (Wildman–Crippen LogP) is 3.65. The zero-order chi connectivity index (χ0) is 17.3. The maximum atomic E-state index is 4.80. The van der Waals surface area contributed by atoms with Crippen molar-refractivity contribution in [2.75, 3.05) is 11.9 Å². The number of aromatic nitrogens is 4. The van der Waals surface area contributed by atoms with E-state index >= 15 is 0 Å². The Morgan fingerprint density at radius 2 is 2.08 bits per heavy atom. The van der Waals surface area contributed by atoms with Crippen molar-refractivity contribution in [3.05, 3.63) is 35.2 Å². The van der Waals surface area contributed by atoms with Gasteiger partial charge in [-0.1, -0.05) is 19.3 Å². The molecule has 0 atom stereocenters. The van der Waals surface area contributed by atoms with Crippen molar-refractivity contribution in [1.29, 1.82) is 0 Å². The summed E-state index contributed by atoms with van der Waals surface area (Å²) in [6.07, 6.45) is 8.57. The number of anilines is 1. The molecule has 2 aliphatic rings. The predicted molar refractivity (Wildman–Crippen MR) is 104 cm³/mol. The molecule has 3 aromatic rings. The summed E-state index contributed by atoms with van der Waals surface area (Å²) in [5, 5.41) is 11.4. The van der Waals surface area contributed by atoms with E-state index in [0.29, 0.717) is 6.54 Å². The van der Waals surface area contributed by atoms with Crippen LogP contribution < -0.4 is 5.32 Å². The maximum absolute atomic E-state index is 4.80. The van der Waals surface area contributed by atoms with Crippen molar-refractivity contribution >= 4 is 27.4 Å². The number of rotatable bonds is 4. The van der Waals surface area contributed by atoms with Gasteiger partial charge < -0.3 is 5.32 Å². The highest BCUT2D eigenvalue weighted by Gasteiger charge is 2.25. The summed E-state index contributed by atoms with van der Waals surface area (Å²) in [5.41, 5.74) is 2.44. The molecule has 4 heterocycles. The lowest BCUT2D eigenvalue weighted by atomic mass is 9.94. The van der Waals surface area contributed by atoms with Gasteiger partial charge in [0.05, 0.1) is 29.9 Å². The molecule has 1 N–H and O–H groups in total. The van der Waals surface area contributed by atoms with Crippen LogP contribution in [0.3, 0.4) is 0 Å². The summed E-state index contributed by atoms with van der Waals surface area (Å²) >= 11 is 1.64. The van der Waals surface area contributed by atoms with Crippen molar-refractivity contribution in [2.45, 2.75) is 57.8 Å². The molecular weight excluding hydrogens is 344 g/mol. The lowest BCUT2D eigenvalue weighted by Crippen LogP contribution is -2.42. The van der Waals surface area contributed by atoms with E-state index < -0.39 is 0 Å². The fourth-order valence-electron chi connectivity index (χ4n) is 4.30. The second-order valence-corrected chi connectivity index (χ2v) is 8.22. The number of nitrogens with one attached hydrogen (secondary N) is 1. The van der Waals surface area contributed by atoms with Crippen LogP contribution in [0.4, 0.5) is 5.82 Å². The molecule has 0 aromatic carbocycles. The minimum Gasteiger partial charge on any atom is -0.364 e. The van der Waals surface area contributed by atoms with E-state index in [1.165, 1.54) is 37.8 Å². The first-order valence-electron chi connectivity index (χ1n) is 9.58. The zero-order valence-corrected chi connectivity index (χ0v) is 15.7. The van der Waals surface area contributed by atoms with Gasteiger partial charge >= 0.3 is 0 Å². The quantitative estimate of drug-likeness (QED) is 0.762. The molecular formula is C19H24N6S. The molecule has 1 fully saturated rings. The molecule has 6 nitrogen and oxygen atoms in total. The summed E-state index contributed by atoms with van der Waals surface area (Å²) in [6, 6.07) is 5.11. The molecule has 1 aliphatic heterocycles. The highest BCUT2D eigenvalue weighted by atomic mass is 32.1. The van der Waals surface area contributed by atoms with Crippen LogP contribution in [0.25, 0.3) is 10.2 Å². The largest absolute Gasteiger partial charge is 0.364 e. The molecule has 0 spiro atoms. The second-order valence-electron chi connectivity index (χ2n) is 7.33. The minimum atomic E-state index is 0.700. The molecule has 1 aliphatic carbocycles. The summed E-state index contributed by atoms with van der Waals surface area (Å²) in [7, 11) is 0. The Morgan fingerprint density at radius 3 is 3.00 bits per heavy atom. The molecule has 26 heavy (non-hydrogen) atoms. The number of thiophene rings is 1. The van der Waals surface area contributed by atoms with E-state index in [0.717, 1.165) is 47.4 Å². The highest BCUT2D eigenvalue weighted by molar-refractivity contribution is 7.16. The Balaban J connectivity index is 1.27. The first-order chi connectivity index (χ1) is 12.9. The van der Waals surface area contributed by atoms with Crippen LogP contribution >= 0.6 is 11.3 Å². The third-order valence-corrected chi connectivity index (χ3v) is 6.49. The Bertz CT molecular complexity index is 894. The summed E-state index contributed by atoms with van der Waals surface area (Å²) in [4.78, 5) is 12.4. The molecule has 3 aromatic heterocycles. The van der Waals surface area contributed by atoms with Gasteiger partial charge in [0.2, 0.25) is 0 Å². The van der Waals surface area contributed by atoms with Gasteiger partial charge in [0.1, 0.15) is 17.0 Å². The maximum Gasteiger partial charge on any atom is 0.138 e. The summed E-state index contributed by atoms with van der Waals surface area (Å²) < 4.78 is 2.19. The number of fused-ring (bicyclic) bond motifs is 2. The average Bonchev–Trinajstić information content (AvgIpc) is 3.33. The molecule has 136 valence electrons. The van der Waals surface area contributed by atoms with Gasteiger partial charge in [-0.05, 0) is 30.4 Å². The van der Waals surface area contributed by atoms with Crippen LogP contribution in [0, 0.1) is 0 Å². The molecule has 0 saturated heterocycles. The summed E-state index contributed by atoms with van der Waals surface area (Å²) in [6.45, 7) is 3.88. The SMILES string of the molecule is c1nc(NCc2cc3n(n2)CCN(C2CCCCC2)C3)c2ccsc2n1. The van der Waals surface area contributed by atoms with Gasteiger partial charge in [-0.15, -0.1) is 11.3 Å². The molecule has 7 heteroatoms. The topological polar surface area (TPSA) is 58.9 Å². The minimum absolute atomic E-state index is 0.700. The Morgan fingerprint density at radius 1 is 1.15 bits per heavy atom. The fraction of sp³-hybridized carbons (Fsp3) is 0.526. The van der Waals surface area contributed by atoms with Gasteiger partial charge in [-0.2, -0.15) is 5.10 Å². The average molecular weight is 369 g/mol. The second kappa shape index (κ2) is 6.96. The van der Waals surface area contributed by atoms with Gasteiger partial charge in [-0.3, -0.25) is 9.58 Å². The molecule has 0 radical (unpaired) electrons. The van der Waals surface area contributed by atoms with Crippen LogP contribution in [0.1, 0.15) is 43.5 Å².